The molecule has 2 aliphatic rings. The van der Waals surface area contributed by atoms with Gasteiger partial charge in [0, 0.05) is 63.0 Å². The summed E-state index contributed by atoms with van der Waals surface area (Å²) < 4.78 is 16.4. The number of aliphatic hydroxyl groups is 1. The van der Waals surface area contributed by atoms with E-state index in [9.17, 15) is 14.7 Å². The third-order valence-corrected chi connectivity index (χ3v) is 7.45. The van der Waals surface area contributed by atoms with Crippen molar-refractivity contribution in [3.05, 3.63) is 23.8 Å². The van der Waals surface area contributed by atoms with E-state index in [1.54, 1.807) is 46.3 Å². The first-order valence-corrected chi connectivity index (χ1v) is 14.4. The lowest BCUT2D eigenvalue weighted by Crippen LogP contribution is -2.54. The summed E-state index contributed by atoms with van der Waals surface area (Å²) >= 11 is 0. The van der Waals surface area contributed by atoms with E-state index in [-0.39, 0.29) is 30.3 Å². The normalized spacial score (nSPS) is 19.6. The molecule has 2 amide bonds. The maximum Gasteiger partial charge on any atom is 0.254 e. The highest BCUT2D eigenvalue weighted by atomic mass is 16.5. The minimum Gasteiger partial charge on any atom is -0.493 e. The largest absolute Gasteiger partial charge is 0.493 e. The molecule has 2 N–H and O–H groups in total. The first-order chi connectivity index (χ1) is 18.5. The third-order valence-electron chi connectivity index (χ3n) is 7.45. The van der Waals surface area contributed by atoms with Gasteiger partial charge in [-0.3, -0.25) is 9.59 Å². The number of hydrogen-bond donors (Lipinski definition) is 2. The Hall–Kier alpha value is -2.36. The summed E-state index contributed by atoms with van der Waals surface area (Å²) in [5, 5.41) is 13.7. The number of hydrogen-bond acceptors (Lipinski definition) is 7. The summed E-state index contributed by atoms with van der Waals surface area (Å²) in [4.78, 5) is 30.4. The van der Waals surface area contributed by atoms with Crippen LogP contribution in [-0.2, 0) is 9.53 Å². The maximum atomic E-state index is 13.7. The molecule has 9 nitrogen and oxygen atoms in total. The average molecular weight is 548 g/mol. The fourth-order valence-corrected chi connectivity index (χ4v) is 5.33. The Balaban J connectivity index is 1.58. The number of methoxy groups -OCH3 is 2. The van der Waals surface area contributed by atoms with Crippen molar-refractivity contribution in [1.29, 1.82) is 0 Å². The predicted octanol–water partition coefficient (Wildman–Crippen LogP) is 3.62. The van der Waals surface area contributed by atoms with Crippen molar-refractivity contribution >= 4 is 11.8 Å². The van der Waals surface area contributed by atoms with E-state index in [2.05, 4.69) is 19.2 Å². The molecule has 39 heavy (non-hydrogen) atoms. The van der Waals surface area contributed by atoms with Crippen molar-refractivity contribution in [3.63, 3.8) is 0 Å². The number of amides is 2. The number of carbonyl (C=O) groups is 2. The Bertz CT molecular complexity index is 935. The molecule has 1 aromatic carbocycles. The summed E-state index contributed by atoms with van der Waals surface area (Å²) in [7, 11) is 3.25. The number of benzene rings is 1. The molecule has 1 saturated carbocycles. The van der Waals surface area contributed by atoms with Crippen LogP contribution in [0.1, 0.15) is 83.0 Å². The predicted molar refractivity (Wildman–Crippen MR) is 151 cm³/mol. The SMILES string of the molecule is COCCCOc1cc(C(=O)N(C(C)C)C2CCC(CCN(C(=O)CC(C)(C)O)C3CC3)NC2)ccc1OC. The lowest BCUT2D eigenvalue weighted by atomic mass is 9.95. The Morgan fingerprint density at radius 2 is 1.79 bits per heavy atom. The van der Waals surface area contributed by atoms with Crippen molar-refractivity contribution in [2.45, 2.75) is 102 Å². The van der Waals surface area contributed by atoms with E-state index in [0.29, 0.717) is 55.4 Å². The van der Waals surface area contributed by atoms with Gasteiger partial charge in [0.05, 0.1) is 25.7 Å². The van der Waals surface area contributed by atoms with Crippen LogP contribution in [0.3, 0.4) is 0 Å². The van der Waals surface area contributed by atoms with Crippen molar-refractivity contribution < 1.29 is 28.9 Å². The Kier molecular flexibility index (Phi) is 11.4. The number of ether oxygens (including phenoxy) is 3. The molecule has 9 heteroatoms. The molecule has 220 valence electrons. The van der Waals surface area contributed by atoms with Crippen molar-refractivity contribution in [1.82, 2.24) is 15.1 Å². The van der Waals surface area contributed by atoms with Crippen LogP contribution in [0.4, 0.5) is 0 Å². The molecule has 3 rings (SSSR count). The topological polar surface area (TPSA) is 101 Å². The molecular weight excluding hydrogens is 498 g/mol. The fraction of sp³-hybridized carbons (Fsp3) is 0.733. The van der Waals surface area contributed by atoms with E-state index in [4.69, 9.17) is 14.2 Å². The fourth-order valence-electron chi connectivity index (χ4n) is 5.33. The lowest BCUT2D eigenvalue weighted by Gasteiger charge is -2.40. The number of rotatable bonds is 15. The van der Waals surface area contributed by atoms with Crippen LogP contribution in [0.5, 0.6) is 11.5 Å². The van der Waals surface area contributed by atoms with Gasteiger partial charge in [-0.25, -0.2) is 0 Å². The molecule has 0 bridgehead atoms. The summed E-state index contributed by atoms with van der Waals surface area (Å²) in [6.45, 7) is 9.97. The zero-order chi connectivity index (χ0) is 28.6. The summed E-state index contributed by atoms with van der Waals surface area (Å²) in [5.41, 5.74) is -0.410. The number of piperidine rings is 1. The van der Waals surface area contributed by atoms with Gasteiger partial charge in [0.2, 0.25) is 5.91 Å². The van der Waals surface area contributed by atoms with Crippen LogP contribution in [0, 0.1) is 0 Å². The summed E-state index contributed by atoms with van der Waals surface area (Å²) in [5.74, 6) is 1.18. The molecule has 0 spiro atoms. The van der Waals surface area contributed by atoms with Crippen LogP contribution >= 0.6 is 0 Å². The van der Waals surface area contributed by atoms with E-state index < -0.39 is 5.60 Å². The van der Waals surface area contributed by atoms with Crippen molar-refractivity contribution in [2.24, 2.45) is 0 Å². The maximum absolute atomic E-state index is 13.7. The Morgan fingerprint density at radius 3 is 2.36 bits per heavy atom. The summed E-state index contributed by atoms with van der Waals surface area (Å²) in [6, 6.07) is 6.11. The van der Waals surface area contributed by atoms with Gasteiger partial charge in [-0.05, 0) is 78.0 Å². The van der Waals surface area contributed by atoms with Crippen LogP contribution in [0.2, 0.25) is 0 Å². The second kappa shape index (κ2) is 14.3. The van der Waals surface area contributed by atoms with E-state index in [1.807, 2.05) is 9.80 Å². The Labute approximate surface area is 234 Å². The molecule has 0 aromatic heterocycles. The molecule has 1 aliphatic heterocycles. The van der Waals surface area contributed by atoms with Gasteiger partial charge in [-0.2, -0.15) is 0 Å². The highest BCUT2D eigenvalue weighted by Crippen LogP contribution is 2.31. The van der Waals surface area contributed by atoms with Gasteiger partial charge in [0.25, 0.3) is 5.91 Å². The molecule has 1 aromatic rings. The number of nitrogens with one attached hydrogen (secondary N) is 1. The molecule has 1 aliphatic carbocycles. The van der Waals surface area contributed by atoms with Crippen LogP contribution in [0.15, 0.2) is 18.2 Å². The number of nitrogens with zero attached hydrogens (tertiary/aromatic N) is 2. The van der Waals surface area contributed by atoms with Crippen LogP contribution in [-0.4, -0.2) is 97.0 Å². The molecule has 2 atom stereocenters. The number of carbonyl (C=O) groups excluding carboxylic acids is 2. The van der Waals surface area contributed by atoms with Gasteiger partial charge in [-0.1, -0.05) is 0 Å². The first-order valence-electron chi connectivity index (χ1n) is 14.4. The molecule has 2 fully saturated rings. The monoisotopic (exact) mass is 547 g/mol. The molecular formula is C30H49N3O6. The second-order valence-corrected chi connectivity index (χ2v) is 11.8. The second-order valence-electron chi connectivity index (χ2n) is 11.8. The average Bonchev–Trinajstić information content (AvgIpc) is 3.71. The molecule has 1 saturated heterocycles. The first kappa shape index (κ1) is 31.2. The van der Waals surface area contributed by atoms with E-state index in [0.717, 1.165) is 38.5 Å². The Morgan fingerprint density at radius 1 is 1.08 bits per heavy atom. The minimum atomic E-state index is -0.992. The third kappa shape index (κ3) is 9.36. The quantitative estimate of drug-likeness (QED) is 0.324. The highest BCUT2D eigenvalue weighted by Gasteiger charge is 2.36. The van der Waals surface area contributed by atoms with Gasteiger partial charge < -0.3 is 34.4 Å². The lowest BCUT2D eigenvalue weighted by molar-refractivity contribution is -0.136. The minimum absolute atomic E-state index is 0.0169. The standard InChI is InChI=1S/C30H49N3O6/c1-21(2)33(29(35)22-8-13-26(38-6)27(18-22)39-17-7-16-37-5)25-10-9-23(31-20-25)14-15-32(24-11-12-24)28(34)19-30(3,4)36/h8,13,18,21,23-25,31,36H,7,9-12,14-17,19-20H2,1-6H3. The van der Waals surface area contributed by atoms with E-state index in [1.165, 1.54) is 0 Å². The molecule has 0 radical (unpaired) electrons. The van der Waals surface area contributed by atoms with Crippen LogP contribution < -0.4 is 14.8 Å². The smallest absolute Gasteiger partial charge is 0.254 e. The molecule has 1 heterocycles. The van der Waals surface area contributed by atoms with Crippen molar-refractivity contribution in [2.75, 3.05) is 40.5 Å². The van der Waals surface area contributed by atoms with Crippen molar-refractivity contribution in [3.8, 4) is 11.5 Å². The zero-order valence-electron chi connectivity index (χ0n) is 24.7. The van der Waals surface area contributed by atoms with Gasteiger partial charge >= 0.3 is 0 Å². The molecule has 2 unspecified atom stereocenters. The van der Waals surface area contributed by atoms with Crippen LogP contribution in [0.25, 0.3) is 0 Å². The summed E-state index contributed by atoms with van der Waals surface area (Å²) in [6.07, 6.45) is 5.72. The van der Waals surface area contributed by atoms with Gasteiger partial charge in [-0.15, -0.1) is 0 Å². The van der Waals surface area contributed by atoms with E-state index >= 15 is 0 Å². The highest BCUT2D eigenvalue weighted by molar-refractivity contribution is 5.95. The van der Waals surface area contributed by atoms with Gasteiger partial charge in [0.1, 0.15) is 0 Å². The van der Waals surface area contributed by atoms with Gasteiger partial charge in [0.15, 0.2) is 11.5 Å². The zero-order valence-corrected chi connectivity index (χ0v) is 24.7.